The minimum Gasteiger partial charge on any atom is -0.384 e. The Morgan fingerprint density at radius 3 is 2.76 bits per heavy atom. The fourth-order valence-electron chi connectivity index (χ4n) is 1.66. The predicted octanol–water partition coefficient (Wildman–Crippen LogP) is 1.16. The number of ether oxygens (including phenoxy) is 1. The van der Waals surface area contributed by atoms with Gasteiger partial charge >= 0.3 is 0 Å². The number of aryl methyl sites for hydroxylation is 1. The predicted molar refractivity (Wildman–Crippen MR) is 68.3 cm³/mol. The Bertz CT molecular complexity index is 327. The zero-order valence-corrected chi connectivity index (χ0v) is 11.6. The Morgan fingerprint density at radius 2 is 2.18 bits per heavy atom. The van der Waals surface area contributed by atoms with Crippen molar-refractivity contribution in [1.29, 1.82) is 0 Å². The van der Waals surface area contributed by atoms with E-state index < -0.39 is 0 Å². The van der Waals surface area contributed by atoms with E-state index in [2.05, 4.69) is 29.3 Å². The zero-order valence-electron chi connectivity index (χ0n) is 10.8. The van der Waals surface area contributed by atoms with Gasteiger partial charge in [0, 0.05) is 20.1 Å². The summed E-state index contributed by atoms with van der Waals surface area (Å²) in [6.45, 7) is 2.59. The molecule has 0 aliphatic rings. The van der Waals surface area contributed by atoms with Crippen molar-refractivity contribution in [3.05, 3.63) is 11.4 Å². The second kappa shape index (κ2) is 7.63. The summed E-state index contributed by atoms with van der Waals surface area (Å²) in [5.41, 5.74) is 1.97. The second-order valence-corrected chi connectivity index (χ2v) is 4.51. The van der Waals surface area contributed by atoms with Crippen molar-refractivity contribution in [2.24, 2.45) is 0 Å². The van der Waals surface area contributed by atoms with Crippen molar-refractivity contribution in [3.63, 3.8) is 0 Å². The van der Waals surface area contributed by atoms with Gasteiger partial charge in [-0.3, -0.25) is 0 Å². The van der Waals surface area contributed by atoms with Crippen molar-refractivity contribution >= 4 is 11.6 Å². The molecule has 17 heavy (non-hydrogen) atoms. The topological polar surface area (TPSA) is 43.2 Å². The molecule has 0 bridgehead atoms. The van der Waals surface area contributed by atoms with Crippen molar-refractivity contribution in [2.45, 2.75) is 25.3 Å². The van der Waals surface area contributed by atoms with E-state index in [1.165, 1.54) is 0 Å². The van der Waals surface area contributed by atoms with Gasteiger partial charge in [0.15, 0.2) is 0 Å². The van der Waals surface area contributed by atoms with Gasteiger partial charge in [-0.1, -0.05) is 5.21 Å². The van der Waals surface area contributed by atoms with Crippen LogP contribution in [0.15, 0.2) is 0 Å². The van der Waals surface area contributed by atoms with Gasteiger partial charge in [-0.25, -0.2) is 4.68 Å². The molecule has 0 unspecified atom stereocenters. The lowest BCUT2D eigenvalue weighted by atomic mass is 10.2. The van der Waals surface area contributed by atoms with Crippen LogP contribution in [0.5, 0.6) is 0 Å². The lowest BCUT2D eigenvalue weighted by molar-refractivity contribution is 0.199. The van der Waals surface area contributed by atoms with Gasteiger partial charge in [0.05, 0.1) is 18.2 Å². The third-order valence-electron chi connectivity index (χ3n) is 2.56. The van der Waals surface area contributed by atoms with Gasteiger partial charge < -0.3 is 9.64 Å². The smallest absolute Gasteiger partial charge is 0.101 e. The molecule has 0 radical (unpaired) electrons. The summed E-state index contributed by atoms with van der Waals surface area (Å²) in [6, 6.07) is 0. The Hall–Kier alpha value is -0.650. The van der Waals surface area contributed by atoms with E-state index in [0.717, 1.165) is 37.3 Å². The largest absolute Gasteiger partial charge is 0.384 e. The third kappa shape index (κ3) is 4.61. The highest BCUT2D eigenvalue weighted by Crippen LogP contribution is 2.10. The van der Waals surface area contributed by atoms with Gasteiger partial charge in [0.1, 0.15) is 5.69 Å². The van der Waals surface area contributed by atoms with Crippen LogP contribution in [0.1, 0.15) is 17.8 Å². The summed E-state index contributed by atoms with van der Waals surface area (Å²) >= 11 is 5.84. The van der Waals surface area contributed by atoms with E-state index in [4.69, 9.17) is 16.3 Å². The SMILES string of the molecule is COCCc1c(CCl)nnn1CCCN(C)C. The van der Waals surface area contributed by atoms with Gasteiger partial charge in [-0.05, 0) is 27.1 Å². The highest BCUT2D eigenvalue weighted by Gasteiger charge is 2.11. The van der Waals surface area contributed by atoms with Gasteiger partial charge in [0.2, 0.25) is 0 Å². The number of aromatic nitrogens is 3. The molecule has 5 nitrogen and oxygen atoms in total. The van der Waals surface area contributed by atoms with E-state index in [1.54, 1.807) is 7.11 Å². The highest BCUT2D eigenvalue weighted by molar-refractivity contribution is 6.16. The van der Waals surface area contributed by atoms with Gasteiger partial charge in [-0.15, -0.1) is 16.7 Å². The molecule has 0 saturated carbocycles. The lowest BCUT2D eigenvalue weighted by Crippen LogP contribution is -2.17. The molecule has 0 atom stereocenters. The first-order valence-corrected chi connectivity index (χ1v) is 6.33. The lowest BCUT2D eigenvalue weighted by Gasteiger charge is -2.10. The van der Waals surface area contributed by atoms with Crippen LogP contribution in [-0.2, 0) is 23.6 Å². The highest BCUT2D eigenvalue weighted by atomic mass is 35.5. The molecule has 0 aromatic carbocycles. The Kier molecular flexibility index (Phi) is 6.47. The summed E-state index contributed by atoms with van der Waals surface area (Å²) in [7, 11) is 5.83. The molecular weight excluding hydrogens is 240 g/mol. The monoisotopic (exact) mass is 260 g/mol. The molecule has 1 rings (SSSR count). The minimum atomic E-state index is 0.409. The van der Waals surface area contributed by atoms with E-state index in [9.17, 15) is 0 Å². The van der Waals surface area contributed by atoms with Gasteiger partial charge in [0.25, 0.3) is 0 Å². The molecule has 98 valence electrons. The van der Waals surface area contributed by atoms with Crippen LogP contribution in [0.4, 0.5) is 0 Å². The Labute approximate surface area is 108 Å². The van der Waals surface area contributed by atoms with Crippen molar-refractivity contribution in [3.8, 4) is 0 Å². The summed E-state index contributed by atoms with van der Waals surface area (Å²) < 4.78 is 7.04. The number of rotatable bonds is 8. The van der Waals surface area contributed by atoms with Crippen LogP contribution in [0.3, 0.4) is 0 Å². The molecule has 0 spiro atoms. The maximum Gasteiger partial charge on any atom is 0.101 e. The molecule has 0 fully saturated rings. The molecule has 0 aliphatic heterocycles. The van der Waals surface area contributed by atoms with Crippen LogP contribution < -0.4 is 0 Å². The average Bonchev–Trinajstić information content (AvgIpc) is 2.68. The fourth-order valence-corrected chi connectivity index (χ4v) is 1.87. The maximum atomic E-state index is 5.84. The fraction of sp³-hybridized carbons (Fsp3) is 0.818. The minimum absolute atomic E-state index is 0.409. The van der Waals surface area contributed by atoms with Crippen molar-refractivity contribution in [2.75, 3.05) is 34.4 Å². The van der Waals surface area contributed by atoms with Crippen LogP contribution in [0, 0.1) is 0 Å². The van der Waals surface area contributed by atoms with Crippen LogP contribution >= 0.6 is 11.6 Å². The molecule has 6 heteroatoms. The third-order valence-corrected chi connectivity index (χ3v) is 2.82. The number of hydrogen-bond donors (Lipinski definition) is 0. The maximum absolute atomic E-state index is 5.84. The van der Waals surface area contributed by atoms with Crippen LogP contribution in [0.25, 0.3) is 0 Å². The zero-order chi connectivity index (χ0) is 12.7. The quantitative estimate of drug-likeness (QED) is 0.658. The molecule has 0 aliphatic carbocycles. The summed E-state index contributed by atoms with van der Waals surface area (Å²) in [6.07, 6.45) is 1.87. The molecular formula is C11H21ClN4O. The Morgan fingerprint density at radius 1 is 1.41 bits per heavy atom. The standard InChI is InChI=1S/C11H21ClN4O/c1-15(2)6-4-7-16-11(5-8-17-3)10(9-12)13-14-16/h4-9H2,1-3H3. The first-order chi connectivity index (χ1) is 8.19. The van der Waals surface area contributed by atoms with Crippen LogP contribution in [0.2, 0.25) is 0 Å². The number of halogens is 1. The first kappa shape index (κ1) is 14.4. The van der Waals surface area contributed by atoms with E-state index in [1.807, 2.05) is 4.68 Å². The first-order valence-electron chi connectivity index (χ1n) is 5.80. The molecule has 1 aromatic heterocycles. The number of hydrogen-bond acceptors (Lipinski definition) is 4. The molecule has 1 aromatic rings. The Balaban J connectivity index is 2.59. The molecule has 1 heterocycles. The number of alkyl halides is 1. The number of nitrogens with zero attached hydrogens (tertiary/aromatic N) is 4. The van der Waals surface area contributed by atoms with E-state index in [0.29, 0.717) is 12.5 Å². The normalized spacial score (nSPS) is 11.4. The molecule has 0 saturated heterocycles. The van der Waals surface area contributed by atoms with Crippen molar-refractivity contribution in [1.82, 2.24) is 19.9 Å². The van der Waals surface area contributed by atoms with E-state index >= 15 is 0 Å². The van der Waals surface area contributed by atoms with Crippen LogP contribution in [-0.4, -0.2) is 54.3 Å². The average molecular weight is 261 g/mol. The molecule has 0 N–H and O–H groups in total. The molecule has 0 amide bonds. The van der Waals surface area contributed by atoms with Crippen molar-refractivity contribution < 1.29 is 4.74 Å². The van der Waals surface area contributed by atoms with E-state index in [-0.39, 0.29) is 0 Å². The summed E-state index contributed by atoms with van der Waals surface area (Å²) in [4.78, 5) is 2.16. The van der Waals surface area contributed by atoms with Gasteiger partial charge in [-0.2, -0.15) is 0 Å². The number of methoxy groups -OCH3 is 1. The summed E-state index contributed by atoms with van der Waals surface area (Å²) in [5, 5.41) is 8.24. The summed E-state index contributed by atoms with van der Waals surface area (Å²) in [5.74, 6) is 0.409. The second-order valence-electron chi connectivity index (χ2n) is 4.24.